The van der Waals surface area contributed by atoms with Gasteiger partial charge in [0.1, 0.15) is 11.2 Å². The number of nitrogens with two attached hydrogens (primary N) is 1. The number of alkyl halides is 3. The van der Waals surface area contributed by atoms with E-state index in [1.54, 1.807) is 12.3 Å². The molecule has 0 bridgehead atoms. The predicted octanol–water partition coefficient (Wildman–Crippen LogP) is 3.23. The Balaban J connectivity index is 2.07. The summed E-state index contributed by atoms with van der Waals surface area (Å²) in [5, 5.41) is 0.651. The van der Waals surface area contributed by atoms with Crippen molar-refractivity contribution in [1.82, 2.24) is 19.5 Å². The summed E-state index contributed by atoms with van der Waals surface area (Å²) in [6, 6.07) is 1.34. The summed E-state index contributed by atoms with van der Waals surface area (Å²) < 4.78 is 42.0. The molecule has 8 heteroatoms. The molecule has 0 saturated heterocycles. The first-order chi connectivity index (χ1) is 10.9. The van der Waals surface area contributed by atoms with Crippen LogP contribution in [0.1, 0.15) is 31.6 Å². The molecule has 0 aliphatic heterocycles. The van der Waals surface area contributed by atoms with E-state index in [4.69, 9.17) is 5.73 Å². The first-order valence-electron chi connectivity index (χ1n) is 7.53. The smallest absolute Gasteiger partial charge is 0.346 e. The van der Waals surface area contributed by atoms with Crippen molar-refractivity contribution in [3.05, 3.63) is 24.3 Å². The van der Waals surface area contributed by atoms with E-state index in [1.807, 2.05) is 6.92 Å². The van der Waals surface area contributed by atoms with E-state index >= 15 is 0 Å². The average Bonchev–Trinajstić information content (AvgIpc) is 3.12. The molecule has 0 aromatic carbocycles. The van der Waals surface area contributed by atoms with Gasteiger partial charge in [0, 0.05) is 23.7 Å². The zero-order valence-electron chi connectivity index (χ0n) is 12.4. The molecule has 3 aromatic rings. The van der Waals surface area contributed by atoms with Crippen LogP contribution in [0.15, 0.2) is 18.5 Å². The van der Waals surface area contributed by atoms with E-state index in [-0.39, 0.29) is 23.5 Å². The summed E-state index contributed by atoms with van der Waals surface area (Å²) in [7, 11) is 0. The maximum atomic E-state index is 13.5. The fourth-order valence-corrected chi connectivity index (χ4v) is 3.75. The fraction of sp³-hybridized carbons (Fsp3) is 0.467. The van der Waals surface area contributed by atoms with E-state index in [1.165, 1.54) is 10.8 Å². The molecule has 1 fully saturated rings. The summed E-state index contributed by atoms with van der Waals surface area (Å²) in [6.07, 6.45) is -0.230. The highest BCUT2D eigenvalue weighted by Gasteiger charge is 2.42. The Morgan fingerprint density at radius 3 is 2.78 bits per heavy atom. The SMILES string of the molecule is C[C@@H]1C[C@H](N)C[C@@H]1n1c(C(F)(F)F)nc2cnc3[nH]ccc3c21. The molecule has 0 radical (unpaired) electrons. The van der Waals surface area contributed by atoms with Crippen LogP contribution in [-0.4, -0.2) is 25.6 Å². The topological polar surface area (TPSA) is 72.5 Å². The monoisotopic (exact) mass is 323 g/mol. The molecule has 3 aromatic heterocycles. The zero-order valence-corrected chi connectivity index (χ0v) is 12.4. The molecule has 3 heterocycles. The Morgan fingerprint density at radius 2 is 2.13 bits per heavy atom. The van der Waals surface area contributed by atoms with Gasteiger partial charge in [0.15, 0.2) is 0 Å². The molecule has 4 rings (SSSR count). The molecule has 0 amide bonds. The van der Waals surface area contributed by atoms with Gasteiger partial charge in [0.05, 0.1) is 11.7 Å². The number of fused-ring (bicyclic) bond motifs is 3. The van der Waals surface area contributed by atoms with Crippen LogP contribution in [0.5, 0.6) is 0 Å². The molecule has 1 aliphatic carbocycles. The summed E-state index contributed by atoms with van der Waals surface area (Å²) in [6.45, 7) is 1.94. The summed E-state index contributed by atoms with van der Waals surface area (Å²) in [4.78, 5) is 10.9. The fourth-order valence-electron chi connectivity index (χ4n) is 3.75. The number of aromatic amines is 1. The minimum absolute atomic E-state index is 0.0608. The standard InChI is InChI=1S/C15H16F3N5/c1-7-4-8(19)5-11(7)23-12-9-2-3-20-13(9)21-6-10(12)22-14(23)15(16,17)18/h2-3,6-8,11H,4-5,19H2,1H3,(H,20,21)/t7-,8+,11+/m1/s1. The number of halogens is 3. The average molecular weight is 323 g/mol. The molecular weight excluding hydrogens is 307 g/mol. The van der Waals surface area contributed by atoms with E-state index in [0.29, 0.717) is 29.4 Å². The van der Waals surface area contributed by atoms with Crippen molar-refractivity contribution in [3.8, 4) is 0 Å². The second-order valence-corrected chi connectivity index (χ2v) is 6.31. The van der Waals surface area contributed by atoms with Gasteiger partial charge in [-0.2, -0.15) is 13.2 Å². The van der Waals surface area contributed by atoms with E-state index in [0.717, 1.165) is 0 Å². The minimum Gasteiger partial charge on any atom is -0.346 e. The van der Waals surface area contributed by atoms with Crippen LogP contribution in [0.4, 0.5) is 13.2 Å². The van der Waals surface area contributed by atoms with Crippen LogP contribution in [0.2, 0.25) is 0 Å². The predicted molar refractivity (Wildman–Crippen MR) is 79.8 cm³/mol. The van der Waals surface area contributed by atoms with Crippen molar-refractivity contribution in [2.24, 2.45) is 11.7 Å². The lowest BCUT2D eigenvalue weighted by Crippen LogP contribution is -2.21. The lowest BCUT2D eigenvalue weighted by molar-refractivity contribution is -0.147. The van der Waals surface area contributed by atoms with E-state index < -0.39 is 12.0 Å². The van der Waals surface area contributed by atoms with Crippen LogP contribution in [-0.2, 0) is 6.18 Å². The van der Waals surface area contributed by atoms with Crippen molar-refractivity contribution in [2.45, 2.75) is 38.0 Å². The highest BCUT2D eigenvalue weighted by Crippen LogP contribution is 2.42. The number of aromatic nitrogens is 4. The van der Waals surface area contributed by atoms with Crippen LogP contribution < -0.4 is 5.73 Å². The molecule has 122 valence electrons. The number of H-pyrrole nitrogens is 1. The molecule has 1 saturated carbocycles. The quantitative estimate of drug-likeness (QED) is 0.722. The van der Waals surface area contributed by atoms with Crippen LogP contribution in [0.3, 0.4) is 0 Å². The highest BCUT2D eigenvalue weighted by atomic mass is 19.4. The molecule has 5 nitrogen and oxygen atoms in total. The summed E-state index contributed by atoms with van der Waals surface area (Å²) in [5.41, 5.74) is 7.28. The zero-order chi connectivity index (χ0) is 16.4. The lowest BCUT2D eigenvalue weighted by Gasteiger charge is -2.22. The molecule has 3 atom stereocenters. The van der Waals surface area contributed by atoms with Gasteiger partial charge in [-0.3, -0.25) is 0 Å². The van der Waals surface area contributed by atoms with Crippen molar-refractivity contribution >= 4 is 22.1 Å². The number of imidazole rings is 1. The minimum atomic E-state index is -4.52. The Labute approximate surface area is 129 Å². The number of pyridine rings is 1. The summed E-state index contributed by atoms with van der Waals surface area (Å²) >= 11 is 0. The molecule has 23 heavy (non-hydrogen) atoms. The third-order valence-electron chi connectivity index (χ3n) is 4.70. The Bertz CT molecular complexity index is 878. The third kappa shape index (κ3) is 2.12. The highest BCUT2D eigenvalue weighted by molar-refractivity contribution is 6.01. The van der Waals surface area contributed by atoms with Crippen molar-refractivity contribution in [1.29, 1.82) is 0 Å². The van der Waals surface area contributed by atoms with Crippen LogP contribution in [0, 0.1) is 5.92 Å². The molecule has 3 N–H and O–H groups in total. The maximum absolute atomic E-state index is 13.5. The van der Waals surface area contributed by atoms with Crippen LogP contribution >= 0.6 is 0 Å². The molecule has 0 unspecified atom stereocenters. The number of hydrogen-bond donors (Lipinski definition) is 2. The van der Waals surface area contributed by atoms with Gasteiger partial charge in [-0.15, -0.1) is 0 Å². The Morgan fingerprint density at radius 1 is 1.35 bits per heavy atom. The van der Waals surface area contributed by atoms with Gasteiger partial charge in [-0.1, -0.05) is 6.92 Å². The number of hydrogen-bond acceptors (Lipinski definition) is 3. The molecule has 1 aliphatic rings. The largest absolute Gasteiger partial charge is 0.449 e. The normalized spacial score (nSPS) is 25.7. The molecule has 0 spiro atoms. The van der Waals surface area contributed by atoms with Crippen molar-refractivity contribution in [2.75, 3.05) is 0 Å². The third-order valence-corrected chi connectivity index (χ3v) is 4.70. The number of rotatable bonds is 1. The van der Waals surface area contributed by atoms with Gasteiger partial charge in [0.25, 0.3) is 0 Å². The number of nitrogens with one attached hydrogen (secondary N) is 1. The van der Waals surface area contributed by atoms with Gasteiger partial charge in [-0.25, -0.2) is 9.97 Å². The van der Waals surface area contributed by atoms with Gasteiger partial charge in [-0.05, 0) is 24.8 Å². The first kappa shape index (κ1) is 14.5. The first-order valence-corrected chi connectivity index (χ1v) is 7.53. The van der Waals surface area contributed by atoms with Crippen molar-refractivity contribution in [3.63, 3.8) is 0 Å². The Kier molecular flexibility index (Phi) is 2.96. The van der Waals surface area contributed by atoms with E-state index in [2.05, 4.69) is 15.0 Å². The van der Waals surface area contributed by atoms with E-state index in [9.17, 15) is 13.2 Å². The number of nitrogens with zero attached hydrogens (tertiary/aromatic N) is 3. The van der Waals surface area contributed by atoms with Gasteiger partial charge < -0.3 is 15.3 Å². The van der Waals surface area contributed by atoms with Crippen LogP contribution in [0.25, 0.3) is 22.1 Å². The van der Waals surface area contributed by atoms with Crippen molar-refractivity contribution < 1.29 is 13.2 Å². The second kappa shape index (κ2) is 4.70. The molecular formula is C15H16F3N5. The van der Waals surface area contributed by atoms with Gasteiger partial charge >= 0.3 is 6.18 Å². The lowest BCUT2D eigenvalue weighted by atomic mass is 10.1. The Hall–Kier alpha value is -2.09. The summed E-state index contributed by atoms with van der Waals surface area (Å²) in [5.74, 6) is -0.806. The second-order valence-electron chi connectivity index (χ2n) is 6.31. The van der Waals surface area contributed by atoms with Gasteiger partial charge in [0.2, 0.25) is 5.82 Å². The maximum Gasteiger partial charge on any atom is 0.449 e.